The lowest BCUT2D eigenvalue weighted by Crippen LogP contribution is -2.46. The molecule has 5 heteroatoms. The van der Waals surface area contributed by atoms with Crippen LogP contribution in [0.2, 0.25) is 0 Å². The number of carbonyl (C=O) groups excluding carboxylic acids is 1. The summed E-state index contributed by atoms with van der Waals surface area (Å²) in [7, 11) is 0. The fourth-order valence-electron chi connectivity index (χ4n) is 2.68. The van der Waals surface area contributed by atoms with E-state index in [1.54, 1.807) is 0 Å². The zero-order valence-corrected chi connectivity index (χ0v) is 14.2. The third-order valence-electron chi connectivity index (χ3n) is 3.99. The van der Waals surface area contributed by atoms with Gasteiger partial charge in [-0.25, -0.2) is 0 Å². The van der Waals surface area contributed by atoms with E-state index in [1.165, 1.54) is 0 Å². The van der Waals surface area contributed by atoms with Crippen LogP contribution in [0.15, 0.2) is 18.2 Å². The van der Waals surface area contributed by atoms with Gasteiger partial charge in [-0.1, -0.05) is 18.6 Å². The second-order valence-corrected chi connectivity index (χ2v) is 5.88. The van der Waals surface area contributed by atoms with Crippen LogP contribution in [0.4, 0.5) is 0 Å². The van der Waals surface area contributed by atoms with Crippen LogP contribution in [-0.2, 0) is 16.1 Å². The SMILES string of the molecule is CCOCCOc1cc(C)ccc1CNC(=O)C1CCCCN1. The summed E-state index contributed by atoms with van der Waals surface area (Å²) in [4.78, 5) is 12.2. The van der Waals surface area contributed by atoms with E-state index >= 15 is 0 Å². The highest BCUT2D eigenvalue weighted by atomic mass is 16.5. The minimum atomic E-state index is -0.0588. The standard InChI is InChI=1S/C18H28N2O3/c1-3-22-10-11-23-17-12-14(2)7-8-15(17)13-20-18(21)16-6-4-5-9-19-16/h7-8,12,16,19H,3-6,9-11,13H2,1-2H3,(H,20,21). The van der Waals surface area contributed by atoms with Crippen molar-refractivity contribution < 1.29 is 14.3 Å². The lowest BCUT2D eigenvalue weighted by atomic mass is 10.0. The van der Waals surface area contributed by atoms with E-state index in [0.29, 0.717) is 26.4 Å². The van der Waals surface area contributed by atoms with Gasteiger partial charge in [-0.3, -0.25) is 4.79 Å². The Labute approximate surface area is 138 Å². The molecule has 1 aromatic carbocycles. The normalized spacial score (nSPS) is 17.7. The Balaban J connectivity index is 1.88. The first-order valence-corrected chi connectivity index (χ1v) is 8.52. The molecule has 1 aromatic rings. The van der Waals surface area contributed by atoms with Crippen LogP contribution in [-0.4, -0.2) is 38.3 Å². The molecule has 0 spiro atoms. The Morgan fingerprint density at radius 1 is 1.35 bits per heavy atom. The molecule has 1 atom stereocenters. The third kappa shape index (κ3) is 5.84. The number of benzene rings is 1. The molecule has 2 N–H and O–H groups in total. The van der Waals surface area contributed by atoms with E-state index in [9.17, 15) is 4.79 Å². The number of aryl methyl sites for hydroxylation is 1. The van der Waals surface area contributed by atoms with Gasteiger partial charge in [0.1, 0.15) is 12.4 Å². The Bertz CT molecular complexity index is 499. The summed E-state index contributed by atoms with van der Waals surface area (Å²) in [5.74, 6) is 0.896. The molecule has 0 saturated carbocycles. The zero-order chi connectivity index (χ0) is 16.5. The molecule has 128 valence electrons. The first-order valence-electron chi connectivity index (χ1n) is 8.52. The molecule has 23 heavy (non-hydrogen) atoms. The van der Waals surface area contributed by atoms with Gasteiger partial charge in [0.05, 0.1) is 12.6 Å². The Hall–Kier alpha value is -1.59. The molecule has 2 rings (SSSR count). The van der Waals surface area contributed by atoms with E-state index in [0.717, 1.165) is 42.7 Å². The summed E-state index contributed by atoms with van der Waals surface area (Å²) in [6.07, 6.45) is 3.18. The van der Waals surface area contributed by atoms with Crippen molar-refractivity contribution in [2.75, 3.05) is 26.4 Å². The summed E-state index contributed by atoms with van der Waals surface area (Å²) in [5.41, 5.74) is 2.14. The molecule has 1 aliphatic heterocycles. The van der Waals surface area contributed by atoms with E-state index in [4.69, 9.17) is 9.47 Å². The number of nitrogens with one attached hydrogen (secondary N) is 2. The molecule has 1 saturated heterocycles. The Morgan fingerprint density at radius 3 is 2.96 bits per heavy atom. The lowest BCUT2D eigenvalue weighted by Gasteiger charge is -2.22. The number of carbonyl (C=O) groups is 1. The minimum absolute atomic E-state index is 0.0588. The second-order valence-electron chi connectivity index (χ2n) is 5.88. The molecule has 5 nitrogen and oxygen atoms in total. The molecule has 0 radical (unpaired) electrons. The minimum Gasteiger partial charge on any atom is -0.491 e. The quantitative estimate of drug-likeness (QED) is 0.721. The van der Waals surface area contributed by atoms with Crippen molar-refractivity contribution in [3.05, 3.63) is 29.3 Å². The van der Waals surface area contributed by atoms with Gasteiger partial charge in [-0.15, -0.1) is 0 Å². The van der Waals surface area contributed by atoms with Crippen LogP contribution in [0.3, 0.4) is 0 Å². The van der Waals surface area contributed by atoms with Crippen molar-refractivity contribution >= 4 is 5.91 Å². The molecular weight excluding hydrogens is 292 g/mol. The van der Waals surface area contributed by atoms with Gasteiger partial charge < -0.3 is 20.1 Å². The number of rotatable bonds is 8. The van der Waals surface area contributed by atoms with Gasteiger partial charge in [-0.2, -0.15) is 0 Å². The maximum Gasteiger partial charge on any atom is 0.237 e. The molecule has 1 amide bonds. The van der Waals surface area contributed by atoms with Crippen molar-refractivity contribution in [3.63, 3.8) is 0 Å². The van der Waals surface area contributed by atoms with Gasteiger partial charge >= 0.3 is 0 Å². The summed E-state index contributed by atoms with van der Waals surface area (Å²) in [6, 6.07) is 6.00. The third-order valence-corrected chi connectivity index (χ3v) is 3.99. The highest BCUT2D eigenvalue weighted by Crippen LogP contribution is 2.20. The van der Waals surface area contributed by atoms with E-state index < -0.39 is 0 Å². The predicted octanol–water partition coefficient (Wildman–Crippen LogP) is 2.17. The molecular formula is C18H28N2O3. The van der Waals surface area contributed by atoms with Crippen molar-refractivity contribution in [1.82, 2.24) is 10.6 Å². The van der Waals surface area contributed by atoms with Gasteiger partial charge in [0, 0.05) is 18.7 Å². The topological polar surface area (TPSA) is 59.6 Å². The molecule has 1 fully saturated rings. The van der Waals surface area contributed by atoms with E-state index in [2.05, 4.69) is 10.6 Å². The maximum absolute atomic E-state index is 12.2. The number of hydrogen-bond acceptors (Lipinski definition) is 4. The van der Waals surface area contributed by atoms with Gasteiger partial charge in [-0.05, 0) is 44.9 Å². The van der Waals surface area contributed by atoms with Crippen molar-refractivity contribution in [2.45, 2.75) is 45.7 Å². The van der Waals surface area contributed by atoms with Gasteiger partial charge in [0.25, 0.3) is 0 Å². The summed E-state index contributed by atoms with van der Waals surface area (Å²) in [5, 5.41) is 6.28. The summed E-state index contributed by atoms with van der Waals surface area (Å²) < 4.78 is 11.1. The fourth-order valence-corrected chi connectivity index (χ4v) is 2.68. The largest absolute Gasteiger partial charge is 0.491 e. The zero-order valence-electron chi connectivity index (χ0n) is 14.2. The summed E-state index contributed by atoms with van der Waals surface area (Å²) >= 11 is 0. The van der Waals surface area contributed by atoms with Crippen LogP contribution in [0.25, 0.3) is 0 Å². The highest BCUT2D eigenvalue weighted by Gasteiger charge is 2.20. The van der Waals surface area contributed by atoms with E-state index in [1.807, 2.05) is 32.0 Å². The van der Waals surface area contributed by atoms with Crippen molar-refractivity contribution in [1.29, 1.82) is 0 Å². The lowest BCUT2D eigenvalue weighted by molar-refractivity contribution is -0.123. The number of ether oxygens (including phenoxy) is 2. The molecule has 0 bridgehead atoms. The van der Waals surface area contributed by atoms with Crippen LogP contribution in [0.1, 0.15) is 37.3 Å². The number of piperidine rings is 1. The number of amides is 1. The summed E-state index contributed by atoms with van der Waals surface area (Å²) in [6.45, 7) is 7.19. The van der Waals surface area contributed by atoms with Crippen LogP contribution >= 0.6 is 0 Å². The average molecular weight is 320 g/mol. The molecule has 0 aliphatic carbocycles. The van der Waals surface area contributed by atoms with Crippen LogP contribution in [0.5, 0.6) is 5.75 Å². The van der Waals surface area contributed by atoms with E-state index in [-0.39, 0.29) is 11.9 Å². The Kier molecular flexibility index (Phi) is 7.36. The second kappa shape index (κ2) is 9.53. The van der Waals surface area contributed by atoms with Crippen LogP contribution in [0, 0.1) is 6.92 Å². The predicted molar refractivity (Wildman–Crippen MR) is 90.7 cm³/mol. The van der Waals surface area contributed by atoms with Gasteiger partial charge in [0.2, 0.25) is 5.91 Å². The monoisotopic (exact) mass is 320 g/mol. The van der Waals surface area contributed by atoms with Crippen molar-refractivity contribution in [3.8, 4) is 5.75 Å². The maximum atomic E-state index is 12.2. The average Bonchev–Trinajstić information content (AvgIpc) is 2.58. The van der Waals surface area contributed by atoms with Gasteiger partial charge in [0.15, 0.2) is 0 Å². The first kappa shape index (κ1) is 17.8. The smallest absolute Gasteiger partial charge is 0.237 e. The molecule has 0 aromatic heterocycles. The molecule has 1 unspecified atom stereocenters. The molecule has 1 heterocycles. The molecule has 1 aliphatic rings. The van der Waals surface area contributed by atoms with Crippen LogP contribution < -0.4 is 15.4 Å². The Morgan fingerprint density at radius 2 is 2.22 bits per heavy atom. The van der Waals surface area contributed by atoms with Crippen molar-refractivity contribution in [2.24, 2.45) is 0 Å². The number of hydrogen-bond donors (Lipinski definition) is 2. The first-order chi connectivity index (χ1) is 11.2. The fraction of sp³-hybridized carbons (Fsp3) is 0.611. The highest BCUT2D eigenvalue weighted by molar-refractivity contribution is 5.81.